The van der Waals surface area contributed by atoms with Gasteiger partial charge in [0.15, 0.2) is 5.75 Å². The molecule has 1 saturated carbocycles. The van der Waals surface area contributed by atoms with Crippen molar-refractivity contribution in [3.63, 3.8) is 0 Å². The summed E-state index contributed by atoms with van der Waals surface area (Å²) in [7, 11) is 0. The highest BCUT2D eigenvalue weighted by molar-refractivity contribution is 5.74. The van der Waals surface area contributed by atoms with Gasteiger partial charge in [-0.15, -0.1) is 12.8 Å². The summed E-state index contributed by atoms with van der Waals surface area (Å²) in [6, 6.07) is 10.0. The lowest BCUT2D eigenvalue weighted by Crippen LogP contribution is -2.23. The summed E-state index contributed by atoms with van der Waals surface area (Å²) >= 11 is 0. The molecule has 0 unspecified atom stereocenters. The van der Waals surface area contributed by atoms with E-state index in [1.807, 2.05) is 42.5 Å². The van der Waals surface area contributed by atoms with Crippen LogP contribution in [0.2, 0.25) is 0 Å². The van der Waals surface area contributed by atoms with E-state index in [4.69, 9.17) is 27.1 Å². The molecule has 55 heavy (non-hydrogen) atoms. The quantitative estimate of drug-likeness (QED) is 0.0541. The molecule has 1 aliphatic carbocycles. The number of pyridine rings is 1. The van der Waals surface area contributed by atoms with Gasteiger partial charge in [0.05, 0.1) is 36.8 Å². The minimum absolute atomic E-state index is 0.00590. The number of carbonyl (C=O) groups is 3. The summed E-state index contributed by atoms with van der Waals surface area (Å²) in [6.45, 7) is 8.20. The van der Waals surface area contributed by atoms with E-state index < -0.39 is 47.0 Å². The maximum Gasteiger partial charge on any atom is 0.311 e. The fraction of sp³-hybridized carbons (Fsp3) is 0.556. The van der Waals surface area contributed by atoms with Gasteiger partial charge in [0.2, 0.25) is 0 Å². The number of aromatic nitrogens is 1. The fourth-order valence-corrected chi connectivity index (χ4v) is 6.64. The van der Waals surface area contributed by atoms with E-state index in [9.17, 15) is 29.7 Å². The number of aliphatic hydroxyl groups excluding tert-OH is 3. The second kappa shape index (κ2) is 21.6. The van der Waals surface area contributed by atoms with E-state index in [-0.39, 0.29) is 50.1 Å². The second-order valence-electron chi connectivity index (χ2n) is 15.9. The summed E-state index contributed by atoms with van der Waals surface area (Å²) in [5, 5.41) is 31.9. The molecule has 5 atom stereocenters. The number of benzene rings is 1. The smallest absolute Gasteiger partial charge is 0.311 e. The van der Waals surface area contributed by atoms with Crippen LogP contribution in [0.5, 0.6) is 5.75 Å². The first-order valence-electron chi connectivity index (χ1n) is 19.2. The van der Waals surface area contributed by atoms with Crippen molar-refractivity contribution in [1.29, 1.82) is 0 Å². The van der Waals surface area contributed by atoms with E-state index in [0.29, 0.717) is 61.8 Å². The van der Waals surface area contributed by atoms with Crippen molar-refractivity contribution >= 4 is 17.9 Å². The highest BCUT2D eigenvalue weighted by Gasteiger charge is 2.40. The van der Waals surface area contributed by atoms with Gasteiger partial charge in [0, 0.05) is 34.6 Å². The third-order valence-corrected chi connectivity index (χ3v) is 10.1. The molecule has 1 fully saturated rings. The van der Waals surface area contributed by atoms with Gasteiger partial charge in [-0.25, -0.2) is 0 Å². The largest absolute Gasteiger partial charge is 0.461 e. The average Bonchev–Trinajstić information content (AvgIpc) is 3.41. The molecule has 10 heteroatoms. The average molecular weight is 758 g/mol. The Bertz CT molecular complexity index is 1680. The van der Waals surface area contributed by atoms with Crippen LogP contribution in [0.4, 0.5) is 0 Å². The standard InChI is InChI=1S/C45H59NO9/c1-8-44(4,5)26-41(51)53-29-33-28-46-31(3)43(37(33)30-54-42(52)27-45(6,7)9-2)55-40(50)20-16-11-10-15-19-35-36(39(49)25-38(35)48)24-23-34(47)22-21-32-17-13-12-14-18-32/h1-2,10,12-15,17-18,28,34-36,38-39,47-49H,11,16,19-27,29-30H2,3-7H3/b15-10-/t34-,35+,36+,38-,39+/m0/s1. The van der Waals surface area contributed by atoms with Crippen LogP contribution in [0.3, 0.4) is 0 Å². The predicted molar refractivity (Wildman–Crippen MR) is 210 cm³/mol. The van der Waals surface area contributed by atoms with Gasteiger partial charge in [-0.05, 0) is 103 Å². The van der Waals surface area contributed by atoms with Crippen LogP contribution in [0, 0.1) is 54.3 Å². The Morgan fingerprint density at radius 3 is 2.16 bits per heavy atom. The molecule has 3 rings (SSSR count). The van der Waals surface area contributed by atoms with Gasteiger partial charge in [0.1, 0.15) is 13.2 Å². The molecule has 298 valence electrons. The molecule has 1 aliphatic rings. The number of carbonyl (C=O) groups excluding carboxylic acids is 3. The third-order valence-electron chi connectivity index (χ3n) is 10.1. The number of aliphatic hydroxyl groups is 3. The highest BCUT2D eigenvalue weighted by Crippen LogP contribution is 2.38. The normalized spacial score (nSPS) is 19.0. The first-order valence-corrected chi connectivity index (χ1v) is 19.2. The van der Waals surface area contributed by atoms with Crippen molar-refractivity contribution in [2.75, 3.05) is 0 Å². The van der Waals surface area contributed by atoms with E-state index in [0.717, 1.165) is 6.42 Å². The first kappa shape index (κ1) is 44.9. The van der Waals surface area contributed by atoms with Crippen molar-refractivity contribution in [3.05, 3.63) is 71.1 Å². The van der Waals surface area contributed by atoms with E-state index in [1.165, 1.54) is 11.8 Å². The number of allylic oxidation sites excluding steroid dienone is 2. The van der Waals surface area contributed by atoms with Crippen LogP contribution in [0.25, 0.3) is 0 Å². The van der Waals surface area contributed by atoms with Crippen molar-refractivity contribution in [1.82, 2.24) is 4.98 Å². The SMILES string of the molecule is C#CC(C)(C)CC(=O)OCc1cnc(C)c(OC(=O)CCC/C=C\C[C@@H]2[C@@H](CC[C@@H](O)CCc3ccccc3)[C@H](O)C[C@@H]2O)c1COC(=O)CC(C)(C)C#C. The van der Waals surface area contributed by atoms with E-state index in [1.54, 1.807) is 34.6 Å². The lowest BCUT2D eigenvalue weighted by atomic mass is 9.85. The van der Waals surface area contributed by atoms with Crippen LogP contribution in [0.1, 0.15) is 114 Å². The zero-order valence-corrected chi connectivity index (χ0v) is 33.1. The summed E-state index contributed by atoms with van der Waals surface area (Å²) in [5.41, 5.74) is 0.914. The van der Waals surface area contributed by atoms with Crippen LogP contribution >= 0.6 is 0 Å². The minimum Gasteiger partial charge on any atom is -0.461 e. The Labute approximate surface area is 327 Å². The molecule has 0 aliphatic heterocycles. The second-order valence-corrected chi connectivity index (χ2v) is 15.9. The van der Waals surface area contributed by atoms with Gasteiger partial charge in [0.25, 0.3) is 0 Å². The number of hydrogen-bond donors (Lipinski definition) is 3. The molecule has 1 aromatic carbocycles. The molecule has 1 aromatic heterocycles. The zero-order chi connectivity index (χ0) is 40.6. The topological polar surface area (TPSA) is 152 Å². The molecule has 2 aromatic rings. The molecule has 0 saturated heterocycles. The van der Waals surface area contributed by atoms with Gasteiger partial charge < -0.3 is 29.5 Å². The lowest BCUT2D eigenvalue weighted by molar-refractivity contribution is -0.148. The third kappa shape index (κ3) is 15.3. The maximum atomic E-state index is 13.1. The Morgan fingerprint density at radius 1 is 0.909 bits per heavy atom. The van der Waals surface area contributed by atoms with Crippen LogP contribution in [0.15, 0.2) is 48.7 Å². The molecule has 1 heterocycles. The van der Waals surface area contributed by atoms with Crippen molar-refractivity contribution in [2.45, 2.75) is 137 Å². The number of terminal acetylenes is 2. The number of unbranched alkanes of at least 4 members (excludes halogenated alkanes) is 1. The van der Waals surface area contributed by atoms with Gasteiger partial charge in [-0.3, -0.25) is 19.4 Å². The zero-order valence-electron chi connectivity index (χ0n) is 33.1. The Hall–Kier alpha value is -4.48. The van der Waals surface area contributed by atoms with Crippen molar-refractivity contribution < 1.29 is 43.9 Å². The number of hydrogen-bond acceptors (Lipinski definition) is 10. The molecule has 0 amide bonds. The molecular weight excluding hydrogens is 698 g/mol. The first-order chi connectivity index (χ1) is 26.0. The van der Waals surface area contributed by atoms with E-state index in [2.05, 4.69) is 16.8 Å². The van der Waals surface area contributed by atoms with Gasteiger partial charge in [-0.1, -0.05) is 54.3 Å². The summed E-state index contributed by atoms with van der Waals surface area (Å²) in [4.78, 5) is 42.7. The van der Waals surface area contributed by atoms with Gasteiger partial charge in [-0.2, -0.15) is 0 Å². The van der Waals surface area contributed by atoms with Crippen LogP contribution in [-0.2, 0) is 43.5 Å². The Kier molecular flexibility index (Phi) is 17.6. The monoisotopic (exact) mass is 757 g/mol. The molecule has 0 radical (unpaired) electrons. The predicted octanol–water partition coefficient (Wildman–Crippen LogP) is 6.73. The Morgan fingerprint density at radius 2 is 1.53 bits per heavy atom. The van der Waals surface area contributed by atoms with Crippen LogP contribution in [-0.4, -0.2) is 56.5 Å². The number of esters is 3. The number of ether oxygens (including phenoxy) is 3. The minimum atomic E-state index is -0.719. The van der Waals surface area contributed by atoms with Crippen LogP contribution < -0.4 is 4.74 Å². The maximum absolute atomic E-state index is 13.1. The Balaban J connectivity index is 1.56. The van der Waals surface area contributed by atoms with Crippen molar-refractivity contribution in [3.8, 4) is 30.4 Å². The van der Waals surface area contributed by atoms with E-state index >= 15 is 0 Å². The molecule has 0 bridgehead atoms. The number of rotatable bonds is 21. The molecule has 10 nitrogen and oxygen atoms in total. The summed E-state index contributed by atoms with van der Waals surface area (Å²) in [5.74, 6) is 3.47. The highest BCUT2D eigenvalue weighted by atomic mass is 16.5. The van der Waals surface area contributed by atoms with Crippen molar-refractivity contribution in [2.24, 2.45) is 22.7 Å². The molecular formula is C45H59NO9. The lowest BCUT2D eigenvalue weighted by Gasteiger charge is -2.23. The summed E-state index contributed by atoms with van der Waals surface area (Å²) in [6.07, 6.45) is 19.4. The summed E-state index contributed by atoms with van der Waals surface area (Å²) < 4.78 is 16.8. The molecule has 3 N–H and O–H groups in total. The van der Waals surface area contributed by atoms with Gasteiger partial charge >= 0.3 is 17.9 Å². The molecule has 0 spiro atoms. The fourth-order valence-electron chi connectivity index (χ4n) is 6.64. The number of aryl methyl sites for hydroxylation is 2. The number of nitrogens with zero attached hydrogens (tertiary/aromatic N) is 1.